The van der Waals surface area contributed by atoms with Crippen LogP contribution in [0.15, 0.2) is 18.2 Å². The summed E-state index contributed by atoms with van der Waals surface area (Å²) in [6.45, 7) is 2.12. The largest absolute Gasteiger partial charge is 0.497 e. The number of benzene rings is 1. The van der Waals surface area contributed by atoms with Gasteiger partial charge in [0.1, 0.15) is 18.1 Å². The highest BCUT2D eigenvalue weighted by molar-refractivity contribution is 5.42. The minimum Gasteiger partial charge on any atom is -0.497 e. The van der Waals surface area contributed by atoms with Crippen LogP contribution >= 0.6 is 0 Å². The molecular formula is C12H15NO2. The number of hydrogen-bond donors (Lipinski definition) is 1. The molecule has 1 aromatic rings. The summed E-state index contributed by atoms with van der Waals surface area (Å²) in [6, 6.07) is 5.43. The first-order valence-electron chi connectivity index (χ1n) is 4.68. The Bertz CT molecular complexity index is 366. The van der Waals surface area contributed by atoms with Gasteiger partial charge in [-0.3, -0.25) is 0 Å². The highest BCUT2D eigenvalue weighted by atomic mass is 16.5. The Morgan fingerprint density at radius 1 is 1.53 bits per heavy atom. The van der Waals surface area contributed by atoms with Gasteiger partial charge in [0.25, 0.3) is 0 Å². The van der Waals surface area contributed by atoms with E-state index in [2.05, 4.69) is 5.92 Å². The molecule has 1 aromatic carbocycles. The number of ether oxygens (including phenoxy) is 2. The van der Waals surface area contributed by atoms with Gasteiger partial charge in [0, 0.05) is 17.7 Å². The van der Waals surface area contributed by atoms with Gasteiger partial charge in [-0.2, -0.15) is 0 Å². The van der Waals surface area contributed by atoms with Crippen molar-refractivity contribution in [1.82, 2.24) is 0 Å². The van der Waals surface area contributed by atoms with E-state index in [-0.39, 0.29) is 12.6 Å². The summed E-state index contributed by atoms with van der Waals surface area (Å²) >= 11 is 0. The molecule has 0 aliphatic heterocycles. The topological polar surface area (TPSA) is 44.5 Å². The lowest BCUT2D eigenvalue weighted by Crippen LogP contribution is -2.08. The summed E-state index contributed by atoms with van der Waals surface area (Å²) < 4.78 is 10.5. The predicted octanol–water partition coefficient (Wildman–Crippen LogP) is 1.73. The fourth-order valence-corrected chi connectivity index (χ4v) is 1.26. The van der Waals surface area contributed by atoms with E-state index in [0.29, 0.717) is 5.75 Å². The molecule has 0 bridgehead atoms. The molecule has 1 rings (SSSR count). The molecule has 0 aliphatic rings. The van der Waals surface area contributed by atoms with Crippen LogP contribution in [0.5, 0.6) is 11.5 Å². The lowest BCUT2D eigenvalue weighted by Gasteiger charge is -2.13. The van der Waals surface area contributed by atoms with E-state index in [1.165, 1.54) is 0 Å². The monoisotopic (exact) mass is 205 g/mol. The van der Waals surface area contributed by atoms with Crippen molar-refractivity contribution in [1.29, 1.82) is 0 Å². The highest BCUT2D eigenvalue weighted by Crippen LogP contribution is 2.28. The molecule has 3 heteroatoms. The lowest BCUT2D eigenvalue weighted by atomic mass is 10.1. The Hall–Kier alpha value is -1.66. The van der Waals surface area contributed by atoms with Crippen molar-refractivity contribution in [2.75, 3.05) is 13.7 Å². The molecule has 0 heterocycles. The number of rotatable bonds is 4. The molecule has 0 unspecified atom stereocenters. The first-order valence-corrected chi connectivity index (χ1v) is 4.68. The van der Waals surface area contributed by atoms with Crippen LogP contribution in [0.1, 0.15) is 18.5 Å². The number of methoxy groups -OCH3 is 1. The van der Waals surface area contributed by atoms with Gasteiger partial charge in [0.05, 0.1) is 7.11 Å². The van der Waals surface area contributed by atoms with Crippen LogP contribution in [-0.2, 0) is 0 Å². The third-order valence-corrected chi connectivity index (χ3v) is 2.02. The Morgan fingerprint density at radius 2 is 2.27 bits per heavy atom. The second-order valence-electron chi connectivity index (χ2n) is 3.19. The molecule has 0 fully saturated rings. The number of terminal acetylenes is 1. The van der Waals surface area contributed by atoms with Crippen LogP contribution in [0.2, 0.25) is 0 Å². The summed E-state index contributed by atoms with van der Waals surface area (Å²) in [6.07, 6.45) is 5.14. The molecule has 0 radical (unpaired) electrons. The zero-order chi connectivity index (χ0) is 11.3. The van der Waals surface area contributed by atoms with Gasteiger partial charge in [-0.15, -0.1) is 6.42 Å². The zero-order valence-corrected chi connectivity index (χ0v) is 8.99. The summed E-state index contributed by atoms with van der Waals surface area (Å²) in [5.74, 6) is 3.83. The Morgan fingerprint density at radius 3 is 2.80 bits per heavy atom. The molecule has 0 aromatic heterocycles. The third kappa shape index (κ3) is 2.90. The Balaban J connectivity index is 3.00. The molecule has 0 amide bonds. The van der Waals surface area contributed by atoms with Gasteiger partial charge >= 0.3 is 0 Å². The van der Waals surface area contributed by atoms with E-state index >= 15 is 0 Å². The maximum atomic E-state index is 5.81. The standard InChI is InChI=1S/C12H15NO2/c1-4-7-15-12-8-10(14-3)5-6-11(12)9(2)13/h1,5-6,8-9H,7,13H2,2-3H3/t9-/m1/s1. The van der Waals surface area contributed by atoms with Gasteiger partial charge < -0.3 is 15.2 Å². The molecule has 0 spiro atoms. The van der Waals surface area contributed by atoms with E-state index < -0.39 is 0 Å². The molecule has 15 heavy (non-hydrogen) atoms. The van der Waals surface area contributed by atoms with Crippen molar-refractivity contribution in [2.45, 2.75) is 13.0 Å². The maximum absolute atomic E-state index is 5.81. The smallest absolute Gasteiger partial charge is 0.148 e. The van der Waals surface area contributed by atoms with Gasteiger partial charge in [-0.25, -0.2) is 0 Å². The average molecular weight is 205 g/mol. The van der Waals surface area contributed by atoms with Crippen molar-refractivity contribution < 1.29 is 9.47 Å². The van der Waals surface area contributed by atoms with Crippen molar-refractivity contribution in [3.05, 3.63) is 23.8 Å². The fraction of sp³-hybridized carbons (Fsp3) is 0.333. The SMILES string of the molecule is C#CCOc1cc(OC)ccc1[C@@H](C)N. The molecule has 1 atom stereocenters. The molecule has 0 aliphatic carbocycles. The highest BCUT2D eigenvalue weighted by Gasteiger charge is 2.09. The molecular weight excluding hydrogens is 190 g/mol. The Labute approximate surface area is 90.2 Å². The van der Waals surface area contributed by atoms with E-state index in [1.807, 2.05) is 19.1 Å². The first kappa shape index (κ1) is 11.4. The lowest BCUT2D eigenvalue weighted by molar-refractivity contribution is 0.357. The van der Waals surface area contributed by atoms with Gasteiger partial charge in [-0.05, 0) is 13.0 Å². The predicted molar refractivity (Wildman–Crippen MR) is 59.9 cm³/mol. The normalized spacial score (nSPS) is 11.6. The van der Waals surface area contributed by atoms with Crippen LogP contribution in [0.25, 0.3) is 0 Å². The second-order valence-corrected chi connectivity index (χ2v) is 3.19. The number of nitrogens with two attached hydrogens (primary N) is 1. The minimum atomic E-state index is -0.0938. The van der Waals surface area contributed by atoms with Gasteiger partial charge in [0.2, 0.25) is 0 Å². The maximum Gasteiger partial charge on any atom is 0.148 e. The van der Waals surface area contributed by atoms with Crippen molar-refractivity contribution in [3.63, 3.8) is 0 Å². The van der Waals surface area contributed by atoms with Crippen LogP contribution in [-0.4, -0.2) is 13.7 Å². The van der Waals surface area contributed by atoms with Crippen LogP contribution in [0, 0.1) is 12.3 Å². The van der Waals surface area contributed by atoms with Gasteiger partial charge in [-0.1, -0.05) is 12.0 Å². The quantitative estimate of drug-likeness (QED) is 0.761. The second kappa shape index (κ2) is 5.28. The molecule has 0 saturated heterocycles. The van der Waals surface area contributed by atoms with E-state index in [4.69, 9.17) is 21.6 Å². The summed E-state index contributed by atoms with van der Waals surface area (Å²) in [4.78, 5) is 0. The summed E-state index contributed by atoms with van der Waals surface area (Å²) in [5, 5.41) is 0. The number of hydrogen-bond acceptors (Lipinski definition) is 3. The molecule has 2 N–H and O–H groups in total. The summed E-state index contributed by atoms with van der Waals surface area (Å²) in [7, 11) is 1.60. The Kier molecular flexibility index (Phi) is 4.02. The van der Waals surface area contributed by atoms with Crippen LogP contribution in [0.3, 0.4) is 0 Å². The van der Waals surface area contributed by atoms with E-state index in [9.17, 15) is 0 Å². The van der Waals surface area contributed by atoms with Crippen LogP contribution in [0.4, 0.5) is 0 Å². The molecule has 80 valence electrons. The van der Waals surface area contributed by atoms with Crippen LogP contribution < -0.4 is 15.2 Å². The molecule has 0 saturated carbocycles. The van der Waals surface area contributed by atoms with Crippen molar-refractivity contribution in [3.8, 4) is 23.8 Å². The van der Waals surface area contributed by atoms with E-state index in [1.54, 1.807) is 13.2 Å². The summed E-state index contributed by atoms with van der Waals surface area (Å²) in [5.41, 5.74) is 6.73. The van der Waals surface area contributed by atoms with Crippen molar-refractivity contribution >= 4 is 0 Å². The average Bonchev–Trinajstić information content (AvgIpc) is 2.25. The van der Waals surface area contributed by atoms with Gasteiger partial charge in [0.15, 0.2) is 0 Å². The minimum absolute atomic E-state index is 0.0938. The van der Waals surface area contributed by atoms with Crippen molar-refractivity contribution in [2.24, 2.45) is 5.73 Å². The van der Waals surface area contributed by atoms with E-state index in [0.717, 1.165) is 11.3 Å². The fourth-order valence-electron chi connectivity index (χ4n) is 1.26. The first-order chi connectivity index (χ1) is 7.19. The molecule has 3 nitrogen and oxygen atoms in total. The zero-order valence-electron chi connectivity index (χ0n) is 8.99. The third-order valence-electron chi connectivity index (χ3n) is 2.02.